The average molecular weight is 206 g/mol. The summed E-state index contributed by atoms with van der Waals surface area (Å²) >= 11 is 0. The highest BCUT2D eigenvalue weighted by atomic mass is 16.5. The Morgan fingerprint density at radius 2 is 2.13 bits per heavy atom. The van der Waals surface area contributed by atoms with Gasteiger partial charge in [-0.15, -0.1) is 0 Å². The van der Waals surface area contributed by atoms with Gasteiger partial charge in [0, 0.05) is 26.2 Å². The second-order valence-electron chi connectivity index (χ2n) is 3.44. The molecule has 0 bridgehead atoms. The largest absolute Gasteiger partial charge is 0.489 e. The van der Waals surface area contributed by atoms with Gasteiger partial charge in [-0.05, 0) is 6.07 Å². The molecule has 0 radical (unpaired) electrons. The second-order valence-corrected chi connectivity index (χ2v) is 3.44. The lowest BCUT2D eigenvalue weighted by Crippen LogP contribution is -2.29. The molecular weight excluding hydrogens is 188 g/mol. The molecule has 0 fully saturated rings. The van der Waals surface area contributed by atoms with E-state index in [1.807, 2.05) is 37.3 Å². The van der Waals surface area contributed by atoms with Gasteiger partial charge in [0.05, 0.1) is 0 Å². The molecule has 0 saturated heterocycles. The van der Waals surface area contributed by atoms with E-state index in [9.17, 15) is 0 Å². The van der Waals surface area contributed by atoms with Crippen LogP contribution in [0.25, 0.3) is 0 Å². The van der Waals surface area contributed by atoms with Crippen LogP contribution in [0.5, 0.6) is 5.75 Å². The normalized spacial score (nSPS) is 10.3. The van der Waals surface area contributed by atoms with Crippen molar-refractivity contribution >= 4 is 0 Å². The molecule has 1 aromatic rings. The summed E-state index contributed by atoms with van der Waals surface area (Å²) in [5, 5.41) is 1.92. The predicted octanol–water partition coefficient (Wildman–Crippen LogP) is 1.82. The number of ether oxygens (including phenoxy) is 1. The Labute approximate surface area is 91.3 Å². The molecule has 82 valence electrons. The van der Waals surface area contributed by atoms with E-state index in [2.05, 4.69) is 18.1 Å². The smallest absolute Gasteiger partial charge is 0.124 e. The maximum absolute atomic E-state index is 5.54. The van der Waals surface area contributed by atoms with E-state index < -0.39 is 0 Å². The highest BCUT2D eigenvalue weighted by Gasteiger charge is 2.01. The summed E-state index contributed by atoms with van der Waals surface area (Å²) < 4.78 is 5.54. The number of hydrogen-bond donors (Lipinski definition) is 1. The lowest BCUT2D eigenvalue weighted by Gasteiger charge is -2.14. The highest BCUT2D eigenvalue weighted by molar-refractivity contribution is 5.33. The first-order chi connectivity index (χ1) is 7.24. The van der Waals surface area contributed by atoms with Gasteiger partial charge in [0.15, 0.2) is 0 Å². The maximum Gasteiger partial charge on any atom is 0.124 e. The zero-order valence-corrected chi connectivity index (χ0v) is 9.36. The summed E-state index contributed by atoms with van der Waals surface area (Å²) in [5.74, 6) is 0.909. The van der Waals surface area contributed by atoms with Crippen LogP contribution >= 0.6 is 0 Å². The predicted molar refractivity (Wildman–Crippen MR) is 62.7 cm³/mol. The van der Waals surface area contributed by atoms with Gasteiger partial charge in [0.25, 0.3) is 0 Å². The summed E-state index contributed by atoms with van der Waals surface area (Å²) in [5.41, 5.74) is 4.35. The number of nitrogens with zero attached hydrogens (tertiary/aromatic N) is 1. The minimum absolute atomic E-state index is 0.541. The summed E-state index contributed by atoms with van der Waals surface area (Å²) in [6.07, 6.45) is 1.75. The molecule has 15 heavy (non-hydrogen) atoms. The second kappa shape index (κ2) is 6.22. The van der Waals surface area contributed by atoms with Crippen molar-refractivity contribution in [2.75, 3.05) is 20.7 Å². The molecule has 0 aliphatic rings. The molecule has 3 heteroatoms. The minimum Gasteiger partial charge on any atom is -0.489 e. The van der Waals surface area contributed by atoms with Gasteiger partial charge in [-0.25, -0.2) is 0 Å². The highest BCUT2D eigenvalue weighted by Crippen LogP contribution is 2.17. The molecule has 0 heterocycles. The Kier molecular flexibility index (Phi) is 4.87. The fraction of sp³-hybridized carbons (Fsp3) is 0.333. The molecule has 0 spiro atoms. The number of benzene rings is 1. The van der Waals surface area contributed by atoms with Gasteiger partial charge in [-0.1, -0.05) is 30.9 Å². The van der Waals surface area contributed by atoms with E-state index in [1.165, 1.54) is 0 Å². The van der Waals surface area contributed by atoms with Crippen molar-refractivity contribution in [3.8, 4) is 5.75 Å². The summed E-state index contributed by atoms with van der Waals surface area (Å²) in [6, 6.07) is 8.00. The van der Waals surface area contributed by atoms with Crippen LogP contribution in [-0.2, 0) is 6.54 Å². The van der Waals surface area contributed by atoms with Gasteiger partial charge in [0.1, 0.15) is 12.4 Å². The quantitative estimate of drug-likeness (QED) is 0.567. The molecule has 0 aliphatic carbocycles. The van der Waals surface area contributed by atoms with Crippen LogP contribution in [0, 0.1) is 0 Å². The van der Waals surface area contributed by atoms with E-state index in [0.29, 0.717) is 6.61 Å². The zero-order valence-electron chi connectivity index (χ0n) is 9.36. The fourth-order valence-corrected chi connectivity index (χ4v) is 1.18. The van der Waals surface area contributed by atoms with Crippen LogP contribution in [0.4, 0.5) is 0 Å². The number of hydrazine groups is 1. The molecular formula is C12H18N2O. The Bertz CT molecular complexity index is 310. The summed E-state index contributed by atoms with van der Waals surface area (Å²) in [4.78, 5) is 0. The van der Waals surface area contributed by atoms with E-state index in [-0.39, 0.29) is 0 Å². The standard InChI is InChI=1S/C12H18N2O/c1-4-9-15-12-8-6-5-7-11(12)10-13-14(2)3/h4-8,13H,1,9-10H2,2-3H3. The fourth-order valence-electron chi connectivity index (χ4n) is 1.18. The van der Waals surface area contributed by atoms with E-state index in [4.69, 9.17) is 4.74 Å². The third-order valence-electron chi connectivity index (χ3n) is 1.92. The molecule has 0 unspecified atom stereocenters. The molecule has 1 rings (SSSR count). The van der Waals surface area contributed by atoms with Gasteiger partial charge in [-0.3, -0.25) is 10.4 Å². The lowest BCUT2D eigenvalue weighted by atomic mass is 10.2. The molecule has 1 N–H and O–H groups in total. The zero-order chi connectivity index (χ0) is 11.1. The van der Waals surface area contributed by atoms with Gasteiger partial charge >= 0.3 is 0 Å². The maximum atomic E-state index is 5.54. The van der Waals surface area contributed by atoms with Crippen molar-refractivity contribution in [1.82, 2.24) is 10.4 Å². The molecule has 0 saturated carbocycles. The topological polar surface area (TPSA) is 24.5 Å². The van der Waals surface area contributed by atoms with Gasteiger partial charge < -0.3 is 4.74 Å². The minimum atomic E-state index is 0.541. The van der Waals surface area contributed by atoms with E-state index in [0.717, 1.165) is 17.9 Å². The molecule has 3 nitrogen and oxygen atoms in total. The van der Waals surface area contributed by atoms with Crippen LogP contribution in [0.1, 0.15) is 5.56 Å². The van der Waals surface area contributed by atoms with Crippen molar-refractivity contribution in [1.29, 1.82) is 0 Å². The van der Waals surface area contributed by atoms with E-state index in [1.54, 1.807) is 6.08 Å². The third-order valence-corrected chi connectivity index (χ3v) is 1.92. The number of nitrogens with one attached hydrogen (secondary N) is 1. The number of hydrogen-bond acceptors (Lipinski definition) is 3. The monoisotopic (exact) mass is 206 g/mol. The third kappa shape index (κ3) is 4.14. The Balaban J connectivity index is 2.63. The Morgan fingerprint density at radius 3 is 2.80 bits per heavy atom. The SMILES string of the molecule is C=CCOc1ccccc1CNN(C)C. The van der Waals surface area contributed by atoms with Gasteiger partial charge in [0.2, 0.25) is 0 Å². The summed E-state index contributed by atoms with van der Waals surface area (Å²) in [6.45, 7) is 4.94. The number of para-hydroxylation sites is 1. The molecule has 0 atom stereocenters. The van der Waals surface area contributed by atoms with Crippen LogP contribution in [0.15, 0.2) is 36.9 Å². The van der Waals surface area contributed by atoms with Gasteiger partial charge in [-0.2, -0.15) is 0 Å². The lowest BCUT2D eigenvalue weighted by molar-refractivity contribution is 0.281. The Hall–Kier alpha value is -1.32. The molecule has 1 aromatic carbocycles. The van der Waals surface area contributed by atoms with Crippen molar-refractivity contribution in [2.45, 2.75) is 6.54 Å². The first-order valence-corrected chi connectivity index (χ1v) is 4.96. The molecule has 0 aliphatic heterocycles. The van der Waals surface area contributed by atoms with Crippen molar-refractivity contribution in [3.63, 3.8) is 0 Å². The van der Waals surface area contributed by atoms with Crippen LogP contribution in [-0.4, -0.2) is 25.7 Å². The average Bonchev–Trinajstić information content (AvgIpc) is 2.24. The van der Waals surface area contributed by atoms with E-state index >= 15 is 0 Å². The van der Waals surface area contributed by atoms with Crippen molar-refractivity contribution < 1.29 is 4.74 Å². The first kappa shape index (κ1) is 11.8. The molecule has 0 amide bonds. The molecule has 0 aromatic heterocycles. The van der Waals surface area contributed by atoms with Crippen LogP contribution in [0.3, 0.4) is 0 Å². The van der Waals surface area contributed by atoms with Crippen molar-refractivity contribution in [3.05, 3.63) is 42.5 Å². The van der Waals surface area contributed by atoms with Crippen molar-refractivity contribution in [2.24, 2.45) is 0 Å². The summed E-state index contributed by atoms with van der Waals surface area (Å²) in [7, 11) is 3.93. The Morgan fingerprint density at radius 1 is 1.40 bits per heavy atom. The van der Waals surface area contributed by atoms with Crippen LogP contribution in [0.2, 0.25) is 0 Å². The van der Waals surface area contributed by atoms with Crippen LogP contribution < -0.4 is 10.2 Å². The first-order valence-electron chi connectivity index (χ1n) is 4.96. The number of rotatable bonds is 6.